The molecule has 0 atom stereocenters. The fourth-order valence-corrected chi connectivity index (χ4v) is 13.1. The van der Waals surface area contributed by atoms with Gasteiger partial charge in [-0.2, -0.15) is 0 Å². The Kier molecular flexibility index (Phi) is 11.5. The number of furan rings is 2. The summed E-state index contributed by atoms with van der Waals surface area (Å²) < 4.78 is 13.7. The highest BCUT2D eigenvalue weighted by Crippen LogP contribution is 2.59. The van der Waals surface area contributed by atoms with Gasteiger partial charge >= 0.3 is 0 Å². The summed E-state index contributed by atoms with van der Waals surface area (Å²) in [6, 6.07) is 82.1. The average molecular weight is 1040 g/mol. The van der Waals surface area contributed by atoms with Gasteiger partial charge in [-0.25, -0.2) is 0 Å². The second-order valence-corrected chi connectivity index (χ2v) is 21.9. The highest BCUT2D eigenvalue weighted by Gasteiger charge is 2.46. The number of hydrogen-bond acceptors (Lipinski definition) is 5. The van der Waals surface area contributed by atoms with E-state index in [1.807, 2.05) is 12.1 Å². The van der Waals surface area contributed by atoms with Gasteiger partial charge in [0.2, 0.25) is 0 Å². The maximum Gasteiger partial charge on any atom is 0.159 e. The molecule has 2 aromatic heterocycles. The second-order valence-electron chi connectivity index (χ2n) is 21.9. The zero-order chi connectivity index (χ0) is 54.6. The number of benzene rings is 11. The zero-order valence-corrected chi connectivity index (χ0v) is 46.5. The van der Waals surface area contributed by atoms with Crippen molar-refractivity contribution in [2.24, 2.45) is 0 Å². The van der Waals surface area contributed by atoms with Crippen LogP contribution in [0.2, 0.25) is 0 Å². The molecule has 1 aliphatic heterocycles. The van der Waals surface area contributed by atoms with Crippen molar-refractivity contribution in [1.29, 1.82) is 0 Å². The number of para-hydroxylation sites is 7. The molecule has 0 unspecified atom stereocenters. The minimum atomic E-state index is -0.775. The predicted molar refractivity (Wildman–Crippen MR) is 335 cm³/mol. The molecule has 80 heavy (non-hydrogen) atoms. The van der Waals surface area contributed by atoms with Gasteiger partial charge in [0.15, 0.2) is 11.2 Å². The molecule has 0 radical (unpaired) electrons. The van der Waals surface area contributed by atoms with Gasteiger partial charge in [-0.15, -0.1) is 0 Å². The molecule has 0 amide bonds. The standard InChI is InChI=1S/C75H61N3O2/c1-46-44-69(52(7)50(5)48(46)3)77(67-32-20-26-61-59-24-12-18-34-71(59)79-73(61)67)57-40-36-54(37-41-57)75(63-28-14-16-30-65(63)76(56-22-10-9-11-23-56)66-31-17-15-29-64(66)75)55-38-42-58(43-39-55)78(70-45-47(2)49(4)51(6)53(70)8)68-33-21-27-62-60-25-13-19-35-72(60)80-74(62)68/h9-45H,1-8H3. The summed E-state index contributed by atoms with van der Waals surface area (Å²) >= 11 is 0. The third-order valence-corrected chi connectivity index (χ3v) is 17.9. The monoisotopic (exact) mass is 1040 g/mol. The molecule has 1 aliphatic rings. The molecule has 0 saturated carbocycles. The van der Waals surface area contributed by atoms with E-state index in [9.17, 15) is 0 Å². The Morgan fingerprint density at radius 3 is 1.16 bits per heavy atom. The number of fused-ring (bicyclic) bond motifs is 8. The quantitative estimate of drug-likeness (QED) is 0.144. The molecule has 5 heteroatoms. The lowest BCUT2D eigenvalue weighted by Crippen LogP contribution is -2.37. The van der Waals surface area contributed by atoms with Gasteiger partial charge in [0.1, 0.15) is 11.2 Å². The van der Waals surface area contributed by atoms with E-state index >= 15 is 0 Å². The number of nitrogens with zero attached hydrogens (tertiary/aromatic N) is 3. The molecule has 14 rings (SSSR count). The molecule has 388 valence electrons. The average Bonchev–Trinajstić information content (AvgIpc) is 3.27. The van der Waals surface area contributed by atoms with Crippen LogP contribution in [0.3, 0.4) is 0 Å². The fraction of sp³-hybridized carbons (Fsp3) is 0.120. The van der Waals surface area contributed by atoms with Crippen LogP contribution in [0.15, 0.2) is 233 Å². The first-order valence-corrected chi connectivity index (χ1v) is 27.8. The van der Waals surface area contributed by atoms with Crippen molar-refractivity contribution in [2.75, 3.05) is 14.7 Å². The van der Waals surface area contributed by atoms with Crippen LogP contribution in [-0.4, -0.2) is 0 Å². The second kappa shape index (κ2) is 18.8. The summed E-state index contributed by atoms with van der Waals surface area (Å²) in [5.74, 6) is 0. The van der Waals surface area contributed by atoms with Gasteiger partial charge in [0.05, 0.1) is 28.2 Å². The molecular formula is C75H61N3O2. The van der Waals surface area contributed by atoms with E-state index in [4.69, 9.17) is 8.83 Å². The van der Waals surface area contributed by atoms with E-state index in [0.717, 1.165) is 106 Å². The Bertz CT molecular complexity index is 4310. The van der Waals surface area contributed by atoms with Crippen LogP contribution in [0.5, 0.6) is 0 Å². The van der Waals surface area contributed by atoms with E-state index in [1.54, 1.807) is 0 Å². The predicted octanol–water partition coefficient (Wildman–Crippen LogP) is 21.1. The largest absolute Gasteiger partial charge is 0.454 e. The Balaban J connectivity index is 1.01. The smallest absolute Gasteiger partial charge is 0.159 e. The van der Waals surface area contributed by atoms with Gasteiger partial charge in [-0.05, 0) is 207 Å². The Morgan fingerprint density at radius 1 is 0.325 bits per heavy atom. The minimum absolute atomic E-state index is 0.775. The summed E-state index contributed by atoms with van der Waals surface area (Å²) in [4.78, 5) is 7.27. The van der Waals surface area contributed by atoms with Gasteiger partial charge in [0, 0.05) is 50.0 Å². The van der Waals surface area contributed by atoms with Gasteiger partial charge in [-0.3, -0.25) is 0 Å². The van der Waals surface area contributed by atoms with Crippen LogP contribution in [0, 0.1) is 55.4 Å². The van der Waals surface area contributed by atoms with Crippen molar-refractivity contribution < 1.29 is 8.83 Å². The highest BCUT2D eigenvalue weighted by atomic mass is 16.3. The summed E-state index contributed by atoms with van der Waals surface area (Å²) in [5.41, 5.74) is 27.2. The zero-order valence-electron chi connectivity index (χ0n) is 46.5. The van der Waals surface area contributed by atoms with Crippen molar-refractivity contribution in [3.8, 4) is 0 Å². The van der Waals surface area contributed by atoms with Crippen molar-refractivity contribution in [3.63, 3.8) is 0 Å². The molecule has 0 spiro atoms. The molecule has 0 aliphatic carbocycles. The topological polar surface area (TPSA) is 36.0 Å². The molecule has 0 bridgehead atoms. The SMILES string of the molecule is Cc1cc(N(c2ccc(C3(c4ccc(N(c5cc(C)c(C)c(C)c5C)c5cccc6c5oc5ccccc56)cc4)c4ccccc4N(c4ccccc4)c4ccccc43)cc2)c2cccc3c2oc2ccccc23)c(C)c(C)c1C. The molecule has 11 aromatic carbocycles. The molecule has 3 heterocycles. The van der Waals surface area contributed by atoms with E-state index in [-0.39, 0.29) is 0 Å². The van der Waals surface area contributed by atoms with Crippen LogP contribution < -0.4 is 14.7 Å². The van der Waals surface area contributed by atoms with Gasteiger partial charge in [0.25, 0.3) is 0 Å². The molecule has 0 fully saturated rings. The lowest BCUT2D eigenvalue weighted by atomic mass is 9.62. The summed E-state index contributed by atoms with van der Waals surface area (Å²) in [7, 11) is 0. The Labute approximate surface area is 468 Å². The van der Waals surface area contributed by atoms with E-state index in [0.29, 0.717) is 0 Å². The fourth-order valence-electron chi connectivity index (χ4n) is 13.1. The van der Waals surface area contributed by atoms with Crippen LogP contribution in [-0.2, 0) is 5.41 Å². The lowest BCUT2D eigenvalue weighted by molar-refractivity contribution is 0.668. The number of rotatable bonds is 9. The third-order valence-electron chi connectivity index (χ3n) is 17.9. The van der Waals surface area contributed by atoms with Crippen LogP contribution in [0.1, 0.15) is 66.8 Å². The molecule has 0 saturated heterocycles. The molecule has 5 nitrogen and oxygen atoms in total. The molecule has 13 aromatic rings. The third kappa shape index (κ3) is 7.30. The summed E-state index contributed by atoms with van der Waals surface area (Å²) in [6.07, 6.45) is 0. The van der Waals surface area contributed by atoms with Gasteiger partial charge in [-0.1, -0.05) is 140 Å². The lowest BCUT2D eigenvalue weighted by Gasteiger charge is -2.46. The van der Waals surface area contributed by atoms with Crippen LogP contribution in [0.25, 0.3) is 43.9 Å². The summed E-state index contributed by atoms with van der Waals surface area (Å²) in [5, 5.41) is 4.39. The maximum atomic E-state index is 6.83. The van der Waals surface area contributed by atoms with Crippen molar-refractivity contribution in [2.45, 2.75) is 60.8 Å². The van der Waals surface area contributed by atoms with Gasteiger partial charge < -0.3 is 23.5 Å². The van der Waals surface area contributed by atoms with Crippen molar-refractivity contribution in [1.82, 2.24) is 0 Å². The first-order chi connectivity index (χ1) is 39.0. The van der Waals surface area contributed by atoms with Crippen LogP contribution in [0.4, 0.5) is 51.2 Å². The molecular weight excluding hydrogens is 975 g/mol. The Hall–Kier alpha value is -9.58. The van der Waals surface area contributed by atoms with Crippen molar-refractivity contribution >= 4 is 95.1 Å². The van der Waals surface area contributed by atoms with E-state index < -0.39 is 5.41 Å². The highest BCUT2D eigenvalue weighted by molar-refractivity contribution is 6.12. The summed E-state index contributed by atoms with van der Waals surface area (Å²) in [6.45, 7) is 17.9. The van der Waals surface area contributed by atoms with E-state index in [1.165, 1.54) is 55.6 Å². The number of anilines is 9. The number of aryl methyl sites for hydroxylation is 2. The van der Waals surface area contributed by atoms with Crippen LogP contribution >= 0.6 is 0 Å². The normalized spacial score (nSPS) is 12.8. The maximum absolute atomic E-state index is 6.83. The van der Waals surface area contributed by atoms with E-state index in [2.05, 4.69) is 282 Å². The number of hydrogen-bond donors (Lipinski definition) is 0. The first-order valence-electron chi connectivity index (χ1n) is 27.8. The first kappa shape index (κ1) is 48.8. The Morgan fingerprint density at radius 2 is 0.713 bits per heavy atom. The minimum Gasteiger partial charge on any atom is -0.454 e. The molecule has 0 N–H and O–H groups in total. The van der Waals surface area contributed by atoms with Crippen molar-refractivity contribution in [3.05, 3.63) is 291 Å².